The molecule has 0 aromatic rings. The average Bonchev–Trinajstić information content (AvgIpc) is 0.899. The van der Waals surface area contributed by atoms with E-state index < -0.39 is 97.5 Å². The maximum absolute atomic E-state index is 13.2. The molecule has 0 aliphatic carbocycles. The SMILES string of the molecule is CCCCCCCCCCCCCCCCCCCCCCC(=O)OC[C@H](COP(=O)(O)OC[C@@H](O)COP(=O)(O)OC[C@@H](COC(=O)CCCCCCCCCCC(C)C)OC(=O)CCCCCCCCCCCCCCCCC(C)C)OC(=O)CCCCCCCCCCCCCCCCCCCCC(C)C. The number of phosphoric ester groups is 2. The molecule has 0 spiro atoms. The van der Waals surface area contributed by atoms with Crippen molar-refractivity contribution in [1.29, 1.82) is 0 Å². The molecule has 0 saturated carbocycles. The molecule has 0 bridgehead atoms. The summed E-state index contributed by atoms with van der Waals surface area (Å²) in [5.74, 6) is 0.241. The van der Waals surface area contributed by atoms with Gasteiger partial charge in [-0.3, -0.25) is 37.3 Å². The number of carbonyl (C=O) groups excluding carboxylic acids is 4. The second-order valence-electron chi connectivity index (χ2n) is 33.8. The monoisotopic (exact) mass is 1590 g/mol. The molecular formula is C90H176O17P2. The third-order valence-corrected chi connectivity index (χ3v) is 23.0. The number of unbranched alkanes of at least 4 members (excludes halogenated alkanes) is 56. The summed E-state index contributed by atoms with van der Waals surface area (Å²) in [6.45, 7) is 12.0. The van der Waals surface area contributed by atoms with Crippen molar-refractivity contribution in [2.75, 3.05) is 39.6 Å². The third kappa shape index (κ3) is 83.8. The van der Waals surface area contributed by atoms with E-state index in [1.54, 1.807) is 0 Å². The largest absolute Gasteiger partial charge is 0.472 e. The molecule has 3 N–H and O–H groups in total. The molecule has 0 aliphatic heterocycles. The van der Waals surface area contributed by atoms with Crippen molar-refractivity contribution in [3.05, 3.63) is 0 Å². The molecule has 648 valence electrons. The first-order valence-electron chi connectivity index (χ1n) is 46.3. The molecule has 0 saturated heterocycles. The van der Waals surface area contributed by atoms with E-state index in [0.29, 0.717) is 25.7 Å². The zero-order chi connectivity index (χ0) is 80.0. The van der Waals surface area contributed by atoms with Crippen LogP contribution in [0.5, 0.6) is 0 Å². The van der Waals surface area contributed by atoms with E-state index in [1.807, 2.05) is 0 Å². The van der Waals surface area contributed by atoms with Crippen LogP contribution in [0, 0.1) is 17.8 Å². The molecule has 2 unspecified atom stereocenters. The number of esters is 4. The van der Waals surface area contributed by atoms with Crippen molar-refractivity contribution in [2.24, 2.45) is 17.8 Å². The Morgan fingerprint density at radius 1 is 0.248 bits per heavy atom. The van der Waals surface area contributed by atoms with Gasteiger partial charge in [-0.05, 0) is 43.4 Å². The van der Waals surface area contributed by atoms with Crippen LogP contribution in [0.1, 0.15) is 479 Å². The molecule has 19 heteroatoms. The van der Waals surface area contributed by atoms with Crippen LogP contribution in [0.15, 0.2) is 0 Å². The standard InChI is InChI=1S/C90H176O17P2/c1-8-9-10-11-12-13-14-15-16-17-18-19-23-26-32-37-42-50-57-64-71-87(92)100-77-85(106-89(94)73-66-59-52-43-38-33-27-24-21-20-22-25-30-35-40-47-54-61-68-81(2)3)79-104-108(96,97)102-75-84(91)76-103-109(98,99)105-80-86(78-101-88(93)72-65-58-51-46-45-49-56-63-70-83(6)7)107-90(95)74-67-60-53-44-39-34-29-28-31-36-41-48-55-62-69-82(4)5/h81-86,91H,8-80H2,1-7H3,(H,96,97)(H,98,99)/t84-,85-,86-/m1/s1. The lowest BCUT2D eigenvalue weighted by Crippen LogP contribution is -2.30. The lowest BCUT2D eigenvalue weighted by molar-refractivity contribution is -0.161. The van der Waals surface area contributed by atoms with Crippen LogP contribution in [0.25, 0.3) is 0 Å². The Balaban J connectivity index is 5.24. The summed E-state index contributed by atoms with van der Waals surface area (Å²) in [7, 11) is -9.93. The van der Waals surface area contributed by atoms with Crippen LogP contribution < -0.4 is 0 Å². The highest BCUT2D eigenvalue weighted by Gasteiger charge is 2.31. The summed E-state index contributed by atoms with van der Waals surface area (Å²) < 4.78 is 69.0. The number of ether oxygens (including phenoxy) is 4. The number of aliphatic hydroxyl groups is 1. The molecule has 109 heavy (non-hydrogen) atoms. The predicted octanol–water partition coefficient (Wildman–Crippen LogP) is 27.6. The quantitative estimate of drug-likeness (QED) is 0.0222. The zero-order valence-electron chi connectivity index (χ0n) is 72.0. The second-order valence-corrected chi connectivity index (χ2v) is 36.7. The minimum absolute atomic E-state index is 0.107. The van der Waals surface area contributed by atoms with Crippen LogP contribution >= 0.6 is 15.6 Å². The molecular weight excluding hydrogens is 1410 g/mol. The van der Waals surface area contributed by atoms with Crippen LogP contribution in [-0.2, 0) is 65.4 Å². The zero-order valence-corrected chi connectivity index (χ0v) is 73.8. The van der Waals surface area contributed by atoms with Crippen LogP contribution in [0.4, 0.5) is 0 Å². The highest BCUT2D eigenvalue weighted by atomic mass is 31.2. The van der Waals surface area contributed by atoms with Gasteiger partial charge in [-0.25, -0.2) is 9.13 Å². The number of aliphatic hydroxyl groups excluding tert-OH is 1. The van der Waals surface area contributed by atoms with E-state index in [4.69, 9.17) is 37.0 Å². The van der Waals surface area contributed by atoms with E-state index in [2.05, 4.69) is 48.5 Å². The van der Waals surface area contributed by atoms with Crippen molar-refractivity contribution in [2.45, 2.75) is 497 Å². The predicted molar refractivity (Wildman–Crippen MR) is 451 cm³/mol. The summed E-state index contributed by atoms with van der Waals surface area (Å²) in [6, 6.07) is 0. The van der Waals surface area contributed by atoms with E-state index >= 15 is 0 Å². The van der Waals surface area contributed by atoms with Crippen molar-refractivity contribution in [1.82, 2.24) is 0 Å². The van der Waals surface area contributed by atoms with Gasteiger partial charge in [0.1, 0.15) is 19.3 Å². The third-order valence-electron chi connectivity index (χ3n) is 21.1. The van der Waals surface area contributed by atoms with Gasteiger partial charge < -0.3 is 33.8 Å². The normalized spacial score (nSPS) is 13.8. The van der Waals surface area contributed by atoms with E-state index in [9.17, 15) is 43.2 Å². The fourth-order valence-electron chi connectivity index (χ4n) is 14.1. The summed E-state index contributed by atoms with van der Waals surface area (Å²) in [6.07, 6.45) is 72.4. The molecule has 0 amide bonds. The second kappa shape index (κ2) is 79.9. The molecule has 0 heterocycles. The maximum atomic E-state index is 13.2. The Morgan fingerprint density at radius 3 is 0.624 bits per heavy atom. The summed E-state index contributed by atoms with van der Waals surface area (Å²) in [4.78, 5) is 73.4. The molecule has 0 aliphatic rings. The fraction of sp³-hybridized carbons (Fsp3) is 0.956. The van der Waals surface area contributed by atoms with E-state index in [-0.39, 0.29) is 25.7 Å². The number of rotatable bonds is 88. The number of hydrogen-bond acceptors (Lipinski definition) is 15. The summed E-state index contributed by atoms with van der Waals surface area (Å²) in [5.41, 5.74) is 0. The smallest absolute Gasteiger partial charge is 0.462 e. The van der Waals surface area contributed by atoms with Gasteiger partial charge in [-0.1, -0.05) is 427 Å². The Bertz CT molecular complexity index is 2100. The van der Waals surface area contributed by atoms with Crippen LogP contribution in [0.3, 0.4) is 0 Å². The fourth-order valence-corrected chi connectivity index (χ4v) is 15.7. The number of carbonyl (C=O) groups is 4. The summed E-state index contributed by atoms with van der Waals surface area (Å²) >= 11 is 0. The lowest BCUT2D eigenvalue weighted by Gasteiger charge is -2.21. The Labute approximate surface area is 670 Å². The van der Waals surface area contributed by atoms with Gasteiger partial charge in [-0.2, -0.15) is 0 Å². The minimum Gasteiger partial charge on any atom is -0.462 e. The van der Waals surface area contributed by atoms with Gasteiger partial charge in [0.2, 0.25) is 0 Å². The highest BCUT2D eigenvalue weighted by Crippen LogP contribution is 2.45. The van der Waals surface area contributed by atoms with Gasteiger partial charge in [0, 0.05) is 25.7 Å². The Kier molecular flexibility index (Phi) is 78.5. The molecule has 17 nitrogen and oxygen atoms in total. The first kappa shape index (κ1) is 107. The first-order valence-corrected chi connectivity index (χ1v) is 49.3. The van der Waals surface area contributed by atoms with Crippen molar-refractivity contribution < 1.29 is 80.2 Å². The van der Waals surface area contributed by atoms with Crippen molar-refractivity contribution >= 4 is 39.5 Å². The topological polar surface area (TPSA) is 237 Å². The molecule has 0 aromatic heterocycles. The lowest BCUT2D eigenvalue weighted by atomic mass is 10.0. The molecule has 0 aromatic carbocycles. The van der Waals surface area contributed by atoms with Crippen molar-refractivity contribution in [3.8, 4) is 0 Å². The first-order chi connectivity index (χ1) is 52.7. The molecule has 0 radical (unpaired) electrons. The van der Waals surface area contributed by atoms with Gasteiger partial charge in [-0.15, -0.1) is 0 Å². The van der Waals surface area contributed by atoms with Crippen molar-refractivity contribution in [3.63, 3.8) is 0 Å². The van der Waals surface area contributed by atoms with Crippen LogP contribution in [0.2, 0.25) is 0 Å². The average molecular weight is 1590 g/mol. The van der Waals surface area contributed by atoms with Gasteiger partial charge in [0.05, 0.1) is 26.4 Å². The highest BCUT2D eigenvalue weighted by molar-refractivity contribution is 7.47. The molecule has 0 fully saturated rings. The Hall–Kier alpha value is -1.94. The van der Waals surface area contributed by atoms with Crippen LogP contribution in [-0.4, -0.2) is 96.7 Å². The molecule has 5 atom stereocenters. The molecule has 0 rings (SSSR count). The number of hydrogen-bond donors (Lipinski definition) is 3. The van der Waals surface area contributed by atoms with Gasteiger partial charge in [0.15, 0.2) is 12.2 Å². The van der Waals surface area contributed by atoms with Gasteiger partial charge >= 0.3 is 39.5 Å². The maximum Gasteiger partial charge on any atom is 0.472 e. The van der Waals surface area contributed by atoms with E-state index in [0.717, 1.165) is 108 Å². The van der Waals surface area contributed by atoms with Gasteiger partial charge in [0.25, 0.3) is 0 Å². The minimum atomic E-state index is -4.97. The number of phosphoric acid groups is 2. The summed E-state index contributed by atoms with van der Waals surface area (Å²) in [5, 5.41) is 10.7. The van der Waals surface area contributed by atoms with E-state index in [1.165, 1.54) is 289 Å². The Morgan fingerprint density at radius 2 is 0.422 bits per heavy atom.